The molecule has 0 spiro atoms. The van der Waals surface area contributed by atoms with Gasteiger partial charge in [0, 0.05) is 22.9 Å². The van der Waals surface area contributed by atoms with Crippen molar-refractivity contribution in [3.05, 3.63) is 23.6 Å². The van der Waals surface area contributed by atoms with E-state index in [0.717, 1.165) is 42.7 Å². The molecule has 1 aromatic heterocycles. The molecule has 8 heteroatoms. The van der Waals surface area contributed by atoms with Crippen LogP contribution < -0.4 is 20.5 Å². The normalized spacial score (nSPS) is 19.3. The molecule has 1 fully saturated rings. The Labute approximate surface area is 163 Å². The molecule has 0 radical (unpaired) electrons. The van der Waals surface area contributed by atoms with Crippen molar-refractivity contribution in [3.63, 3.8) is 0 Å². The highest BCUT2D eigenvalue weighted by Crippen LogP contribution is 2.35. The molecule has 1 aliphatic rings. The van der Waals surface area contributed by atoms with Crippen LogP contribution in [0.25, 0.3) is 11.3 Å². The summed E-state index contributed by atoms with van der Waals surface area (Å²) < 4.78 is 10.7. The summed E-state index contributed by atoms with van der Waals surface area (Å²) in [5, 5.41) is 5.42. The first-order chi connectivity index (χ1) is 12.1. The molecule has 6 nitrogen and oxygen atoms in total. The number of aromatic nitrogens is 1. The quantitative estimate of drug-likeness (QED) is 0.803. The molecule has 0 aliphatic heterocycles. The van der Waals surface area contributed by atoms with Crippen molar-refractivity contribution in [1.29, 1.82) is 0 Å². The van der Waals surface area contributed by atoms with Crippen LogP contribution in [0.15, 0.2) is 23.6 Å². The van der Waals surface area contributed by atoms with Gasteiger partial charge in [-0.15, -0.1) is 23.7 Å². The van der Waals surface area contributed by atoms with Crippen molar-refractivity contribution in [2.75, 3.05) is 19.5 Å². The minimum atomic E-state index is -0.0255. The standard InChI is InChI=1S/C18H23N3O3S.ClH/c1-23-13-6-7-16(24-2)14(9-13)15-10-25-18(20-15)21-17(22)11-4-3-5-12(19)8-11;/h6-7,9-12H,3-5,8,19H2,1-2H3,(H,20,21,22);1H. The fraction of sp³-hybridized carbons (Fsp3) is 0.444. The van der Waals surface area contributed by atoms with Crippen molar-refractivity contribution in [2.24, 2.45) is 11.7 Å². The first-order valence-corrected chi connectivity index (χ1v) is 9.23. The number of ether oxygens (including phenoxy) is 2. The monoisotopic (exact) mass is 397 g/mol. The summed E-state index contributed by atoms with van der Waals surface area (Å²) in [6, 6.07) is 5.68. The Morgan fingerprint density at radius 1 is 1.31 bits per heavy atom. The van der Waals surface area contributed by atoms with Crippen molar-refractivity contribution in [2.45, 2.75) is 31.7 Å². The van der Waals surface area contributed by atoms with E-state index in [0.29, 0.717) is 10.9 Å². The summed E-state index contributed by atoms with van der Waals surface area (Å²) in [6.45, 7) is 0. The summed E-state index contributed by atoms with van der Waals surface area (Å²) >= 11 is 1.40. The highest BCUT2D eigenvalue weighted by molar-refractivity contribution is 7.14. The Bertz CT molecular complexity index is 753. The number of anilines is 1. The molecule has 3 N–H and O–H groups in total. The van der Waals surface area contributed by atoms with Crippen LogP contribution in [0.5, 0.6) is 11.5 Å². The zero-order valence-electron chi connectivity index (χ0n) is 14.9. The van der Waals surface area contributed by atoms with E-state index in [1.807, 2.05) is 23.6 Å². The Morgan fingerprint density at radius 2 is 2.12 bits per heavy atom. The number of nitrogens with one attached hydrogen (secondary N) is 1. The first kappa shape index (κ1) is 20.5. The van der Waals surface area contributed by atoms with E-state index in [1.165, 1.54) is 11.3 Å². The number of nitrogens with zero attached hydrogens (tertiary/aromatic N) is 1. The predicted octanol–water partition coefficient (Wildman–Crippen LogP) is 3.71. The molecule has 1 saturated carbocycles. The topological polar surface area (TPSA) is 86.5 Å². The van der Waals surface area contributed by atoms with E-state index in [-0.39, 0.29) is 30.3 Å². The van der Waals surface area contributed by atoms with Crippen LogP contribution in [0.1, 0.15) is 25.7 Å². The summed E-state index contributed by atoms with van der Waals surface area (Å²) in [5.74, 6) is 1.42. The van der Waals surface area contributed by atoms with Crippen LogP contribution >= 0.6 is 23.7 Å². The lowest BCUT2D eigenvalue weighted by Gasteiger charge is -2.25. The van der Waals surface area contributed by atoms with Gasteiger partial charge in [-0.3, -0.25) is 4.79 Å². The summed E-state index contributed by atoms with van der Waals surface area (Å²) in [7, 11) is 3.24. The maximum Gasteiger partial charge on any atom is 0.229 e. The zero-order valence-corrected chi connectivity index (χ0v) is 16.5. The van der Waals surface area contributed by atoms with Crippen molar-refractivity contribution >= 4 is 34.8 Å². The second kappa shape index (κ2) is 9.21. The highest BCUT2D eigenvalue weighted by Gasteiger charge is 2.26. The minimum Gasteiger partial charge on any atom is -0.497 e. The fourth-order valence-electron chi connectivity index (χ4n) is 3.14. The van der Waals surface area contributed by atoms with Crippen molar-refractivity contribution < 1.29 is 14.3 Å². The molecule has 1 heterocycles. The van der Waals surface area contributed by atoms with Gasteiger partial charge in [0.15, 0.2) is 5.13 Å². The van der Waals surface area contributed by atoms with Crippen LogP contribution in [0.2, 0.25) is 0 Å². The number of nitrogens with two attached hydrogens (primary N) is 1. The summed E-state index contributed by atoms with van der Waals surface area (Å²) in [4.78, 5) is 17.0. The Hall–Kier alpha value is -1.83. The molecule has 1 aliphatic carbocycles. The zero-order chi connectivity index (χ0) is 17.8. The molecule has 1 amide bonds. The number of rotatable bonds is 5. The second-order valence-electron chi connectivity index (χ2n) is 6.22. The average molecular weight is 398 g/mol. The van der Waals surface area contributed by atoms with E-state index >= 15 is 0 Å². The van der Waals surface area contributed by atoms with E-state index < -0.39 is 0 Å². The van der Waals surface area contributed by atoms with Crippen LogP contribution in [0.3, 0.4) is 0 Å². The number of methoxy groups -OCH3 is 2. The molecule has 3 rings (SSSR count). The van der Waals surface area contributed by atoms with Crippen molar-refractivity contribution in [1.82, 2.24) is 4.98 Å². The molecule has 0 saturated heterocycles. The number of hydrogen-bond donors (Lipinski definition) is 2. The number of carbonyl (C=O) groups excluding carboxylic acids is 1. The van der Waals surface area contributed by atoms with Gasteiger partial charge in [-0.25, -0.2) is 4.98 Å². The summed E-state index contributed by atoms with van der Waals surface area (Å²) in [6.07, 6.45) is 3.64. The number of amides is 1. The van der Waals surface area contributed by atoms with Gasteiger partial charge < -0.3 is 20.5 Å². The molecule has 1 aromatic carbocycles. The molecular weight excluding hydrogens is 374 g/mol. The lowest BCUT2D eigenvalue weighted by Crippen LogP contribution is -2.34. The molecule has 142 valence electrons. The van der Waals surface area contributed by atoms with Crippen LogP contribution in [0.4, 0.5) is 5.13 Å². The van der Waals surface area contributed by atoms with Crippen molar-refractivity contribution in [3.8, 4) is 22.8 Å². The number of thiazole rings is 1. The molecule has 2 aromatic rings. The Kier molecular flexibility index (Phi) is 7.25. The lowest BCUT2D eigenvalue weighted by atomic mass is 9.86. The van der Waals surface area contributed by atoms with Gasteiger partial charge >= 0.3 is 0 Å². The van der Waals surface area contributed by atoms with Crippen LogP contribution in [-0.2, 0) is 4.79 Å². The Balaban J connectivity index is 0.00000243. The Morgan fingerprint density at radius 3 is 2.81 bits per heavy atom. The third-order valence-corrected chi connectivity index (χ3v) is 5.26. The fourth-order valence-corrected chi connectivity index (χ4v) is 3.86. The number of halogens is 1. The molecule has 2 atom stereocenters. The number of carbonyl (C=O) groups is 1. The lowest BCUT2D eigenvalue weighted by molar-refractivity contribution is -0.120. The second-order valence-corrected chi connectivity index (χ2v) is 7.08. The average Bonchev–Trinajstić information content (AvgIpc) is 3.09. The minimum absolute atomic E-state index is 0. The van der Waals surface area contributed by atoms with Gasteiger partial charge in [-0.2, -0.15) is 0 Å². The summed E-state index contributed by atoms with van der Waals surface area (Å²) in [5.41, 5.74) is 7.56. The smallest absolute Gasteiger partial charge is 0.229 e. The maximum absolute atomic E-state index is 12.4. The molecule has 0 bridgehead atoms. The van der Waals surface area contributed by atoms with Crippen LogP contribution in [-0.4, -0.2) is 31.2 Å². The molecular formula is C18H24ClN3O3S. The van der Waals surface area contributed by atoms with Gasteiger partial charge in [-0.05, 0) is 37.5 Å². The first-order valence-electron chi connectivity index (χ1n) is 8.35. The predicted molar refractivity (Wildman–Crippen MR) is 106 cm³/mol. The van der Waals surface area contributed by atoms with Gasteiger partial charge in [-0.1, -0.05) is 6.42 Å². The van der Waals surface area contributed by atoms with E-state index in [9.17, 15) is 4.79 Å². The van der Waals surface area contributed by atoms with Gasteiger partial charge in [0.1, 0.15) is 11.5 Å². The number of benzene rings is 1. The van der Waals surface area contributed by atoms with Gasteiger partial charge in [0.05, 0.1) is 19.9 Å². The van der Waals surface area contributed by atoms with E-state index in [2.05, 4.69) is 10.3 Å². The van der Waals surface area contributed by atoms with E-state index in [1.54, 1.807) is 14.2 Å². The highest BCUT2D eigenvalue weighted by atomic mass is 35.5. The SMILES string of the molecule is COc1ccc(OC)c(-c2csc(NC(=O)C3CCCC(N)C3)n2)c1.Cl. The number of hydrogen-bond acceptors (Lipinski definition) is 6. The maximum atomic E-state index is 12.4. The van der Waals surface area contributed by atoms with E-state index in [4.69, 9.17) is 15.2 Å². The van der Waals surface area contributed by atoms with Crippen LogP contribution in [0, 0.1) is 5.92 Å². The largest absolute Gasteiger partial charge is 0.497 e. The molecule has 26 heavy (non-hydrogen) atoms. The van der Waals surface area contributed by atoms with Gasteiger partial charge in [0.2, 0.25) is 5.91 Å². The molecule has 2 unspecified atom stereocenters. The van der Waals surface area contributed by atoms with Gasteiger partial charge in [0.25, 0.3) is 0 Å². The third kappa shape index (κ3) is 4.66. The third-order valence-electron chi connectivity index (χ3n) is 4.50.